The van der Waals surface area contributed by atoms with Crippen LogP contribution < -0.4 is 5.32 Å². The van der Waals surface area contributed by atoms with Gasteiger partial charge in [-0.15, -0.1) is 0 Å². The molecule has 1 aliphatic rings. The Bertz CT molecular complexity index is 367. The quantitative estimate of drug-likeness (QED) is 0.791. The van der Waals surface area contributed by atoms with Gasteiger partial charge in [-0.25, -0.2) is 4.79 Å². The van der Waals surface area contributed by atoms with Gasteiger partial charge in [0.1, 0.15) is 0 Å². The summed E-state index contributed by atoms with van der Waals surface area (Å²) in [6.07, 6.45) is 5.63. The minimum absolute atomic E-state index is 0.152. The zero-order valence-corrected chi connectivity index (χ0v) is 13.8. The maximum absolute atomic E-state index is 12.3. The molecule has 0 bridgehead atoms. The number of rotatable bonds is 6. The monoisotopic (exact) mass is 298 g/mol. The molecular formula is C16H30N2O3. The number of carboxylic acid groups (broad SMARTS) is 1. The Morgan fingerprint density at radius 1 is 1.24 bits per heavy atom. The number of nitrogens with one attached hydrogen (secondary N) is 1. The van der Waals surface area contributed by atoms with Crippen molar-refractivity contribution in [3.8, 4) is 0 Å². The van der Waals surface area contributed by atoms with Crippen LogP contribution in [0.4, 0.5) is 4.79 Å². The average Bonchev–Trinajstić information content (AvgIpc) is 2.48. The van der Waals surface area contributed by atoms with E-state index in [9.17, 15) is 14.7 Å². The number of amides is 2. The number of urea groups is 1. The smallest absolute Gasteiger partial charge is 0.317 e. The Labute approximate surface area is 128 Å². The summed E-state index contributed by atoms with van der Waals surface area (Å²) in [7, 11) is 1.82. The van der Waals surface area contributed by atoms with Crippen molar-refractivity contribution in [1.82, 2.24) is 10.2 Å². The van der Waals surface area contributed by atoms with Crippen molar-refractivity contribution in [3.63, 3.8) is 0 Å². The van der Waals surface area contributed by atoms with Crippen molar-refractivity contribution < 1.29 is 14.7 Å². The Kier molecular flexibility index (Phi) is 6.49. The van der Waals surface area contributed by atoms with E-state index in [0.29, 0.717) is 18.8 Å². The van der Waals surface area contributed by atoms with Crippen molar-refractivity contribution >= 4 is 12.0 Å². The van der Waals surface area contributed by atoms with E-state index < -0.39 is 11.4 Å². The molecule has 2 N–H and O–H groups in total. The first kappa shape index (κ1) is 17.8. The molecule has 5 heteroatoms. The highest BCUT2D eigenvalue weighted by atomic mass is 16.4. The fourth-order valence-electron chi connectivity index (χ4n) is 3.27. The third kappa shape index (κ3) is 4.11. The molecule has 1 aliphatic carbocycles. The Balaban J connectivity index is 2.61. The van der Waals surface area contributed by atoms with Crippen molar-refractivity contribution in [2.24, 2.45) is 11.3 Å². The van der Waals surface area contributed by atoms with Gasteiger partial charge in [0.2, 0.25) is 0 Å². The van der Waals surface area contributed by atoms with Gasteiger partial charge in [-0.2, -0.15) is 0 Å². The molecule has 2 amide bonds. The van der Waals surface area contributed by atoms with E-state index in [1.807, 2.05) is 20.9 Å². The average molecular weight is 298 g/mol. The van der Waals surface area contributed by atoms with E-state index in [0.717, 1.165) is 19.3 Å². The SMILES string of the molecule is CCC(CC)(CNC(=O)N(C)C1CCCCC1C)C(=O)O. The first-order chi connectivity index (χ1) is 9.88. The van der Waals surface area contributed by atoms with E-state index in [1.54, 1.807) is 4.90 Å². The molecule has 2 unspecified atom stereocenters. The van der Waals surface area contributed by atoms with Crippen LogP contribution in [0.3, 0.4) is 0 Å². The van der Waals surface area contributed by atoms with Crippen molar-refractivity contribution in [2.75, 3.05) is 13.6 Å². The first-order valence-corrected chi connectivity index (χ1v) is 8.12. The molecule has 0 radical (unpaired) electrons. The van der Waals surface area contributed by atoms with Gasteiger partial charge in [0.05, 0.1) is 5.41 Å². The van der Waals surface area contributed by atoms with E-state index in [4.69, 9.17) is 0 Å². The van der Waals surface area contributed by atoms with Crippen LogP contribution in [-0.4, -0.2) is 41.6 Å². The molecule has 0 aromatic carbocycles. The Morgan fingerprint density at radius 3 is 2.29 bits per heavy atom. The zero-order chi connectivity index (χ0) is 16.0. The highest BCUT2D eigenvalue weighted by Crippen LogP contribution is 2.28. The molecule has 0 spiro atoms. The summed E-state index contributed by atoms with van der Waals surface area (Å²) in [5.74, 6) is -0.322. The number of hydrogen-bond acceptors (Lipinski definition) is 2. The predicted octanol–water partition coefficient (Wildman–Crippen LogP) is 3.10. The van der Waals surface area contributed by atoms with Gasteiger partial charge in [-0.05, 0) is 31.6 Å². The molecule has 1 fully saturated rings. The summed E-state index contributed by atoms with van der Waals surface area (Å²) in [6, 6.07) is 0.113. The van der Waals surface area contributed by atoms with Crippen molar-refractivity contribution in [1.29, 1.82) is 0 Å². The van der Waals surface area contributed by atoms with Crippen LogP contribution in [0.5, 0.6) is 0 Å². The summed E-state index contributed by atoms with van der Waals surface area (Å²) in [5.41, 5.74) is -0.852. The predicted molar refractivity (Wildman–Crippen MR) is 83.2 cm³/mol. The van der Waals surface area contributed by atoms with Crippen LogP contribution in [-0.2, 0) is 4.79 Å². The molecule has 0 saturated heterocycles. The van der Waals surface area contributed by atoms with Gasteiger partial charge < -0.3 is 15.3 Å². The number of carbonyl (C=O) groups is 2. The van der Waals surface area contributed by atoms with Gasteiger partial charge in [0.15, 0.2) is 0 Å². The molecule has 0 aliphatic heterocycles. The molecule has 0 aromatic rings. The lowest BCUT2D eigenvalue weighted by atomic mass is 9.82. The first-order valence-electron chi connectivity index (χ1n) is 8.12. The Morgan fingerprint density at radius 2 is 1.81 bits per heavy atom. The largest absolute Gasteiger partial charge is 0.481 e. The molecule has 2 atom stereocenters. The van der Waals surface area contributed by atoms with Gasteiger partial charge in [0.25, 0.3) is 0 Å². The summed E-state index contributed by atoms with van der Waals surface area (Å²) >= 11 is 0. The lowest BCUT2D eigenvalue weighted by Crippen LogP contribution is -2.50. The molecule has 1 saturated carbocycles. The van der Waals surface area contributed by atoms with Crippen molar-refractivity contribution in [3.05, 3.63) is 0 Å². The number of aliphatic carboxylic acids is 1. The maximum atomic E-state index is 12.3. The summed E-state index contributed by atoms with van der Waals surface area (Å²) in [6.45, 7) is 6.10. The third-order valence-corrected chi connectivity index (χ3v) is 5.27. The molecule has 21 heavy (non-hydrogen) atoms. The summed E-state index contributed by atoms with van der Waals surface area (Å²) < 4.78 is 0. The standard InChI is InChI=1S/C16H30N2O3/c1-5-16(6-2,14(19)20)11-17-15(21)18(4)13-10-8-7-9-12(13)3/h12-13H,5-11H2,1-4H3,(H,17,21)(H,19,20). The summed E-state index contributed by atoms with van der Waals surface area (Å²) in [4.78, 5) is 25.5. The molecular weight excluding hydrogens is 268 g/mol. The Hall–Kier alpha value is -1.26. The van der Waals surface area contributed by atoms with Gasteiger partial charge in [0, 0.05) is 19.6 Å². The zero-order valence-electron chi connectivity index (χ0n) is 13.8. The van der Waals surface area contributed by atoms with Crippen molar-refractivity contribution in [2.45, 2.75) is 65.3 Å². The van der Waals surface area contributed by atoms with Gasteiger partial charge >= 0.3 is 12.0 Å². The number of carboxylic acids is 1. The van der Waals surface area contributed by atoms with Crippen LogP contribution in [0, 0.1) is 11.3 Å². The van der Waals surface area contributed by atoms with Crippen LogP contribution >= 0.6 is 0 Å². The van der Waals surface area contributed by atoms with Gasteiger partial charge in [-0.3, -0.25) is 4.79 Å². The highest BCUT2D eigenvalue weighted by molar-refractivity contribution is 5.78. The summed E-state index contributed by atoms with van der Waals surface area (Å²) in [5, 5.41) is 12.2. The second kappa shape index (κ2) is 7.66. The van der Waals surface area contributed by atoms with Gasteiger partial charge in [-0.1, -0.05) is 33.6 Å². The fraction of sp³-hybridized carbons (Fsp3) is 0.875. The minimum atomic E-state index is -0.852. The molecule has 122 valence electrons. The second-order valence-electron chi connectivity index (χ2n) is 6.39. The molecule has 5 nitrogen and oxygen atoms in total. The normalized spacial score (nSPS) is 22.7. The third-order valence-electron chi connectivity index (χ3n) is 5.27. The van der Waals surface area contributed by atoms with E-state index in [2.05, 4.69) is 12.2 Å². The number of hydrogen-bond donors (Lipinski definition) is 2. The minimum Gasteiger partial charge on any atom is -0.481 e. The van der Waals surface area contributed by atoms with Crippen LogP contribution in [0.2, 0.25) is 0 Å². The molecule has 1 rings (SSSR count). The number of carbonyl (C=O) groups excluding carboxylic acids is 1. The van der Waals surface area contributed by atoms with E-state index in [1.165, 1.54) is 6.42 Å². The lowest BCUT2D eigenvalue weighted by molar-refractivity contribution is -0.149. The van der Waals surface area contributed by atoms with Crippen LogP contribution in [0.25, 0.3) is 0 Å². The van der Waals surface area contributed by atoms with Crippen LogP contribution in [0.1, 0.15) is 59.3 Å². The molecule has 0 aromatic heterocycles. The van der Waals surface area contributed by atoms with E-state index in [-0.39, 0.29) is 18.6 Å². The van der Waals surface area contributed by atoms with Crippen LogP contribution in [0.15, 0.2) is 0 Å². The highest BCUT2D eigenvalue weighted by Gasteiger charge is 2.36. The maximum Gasteiger partial charge on any atom is 0.317 e. The fourth-order valence-corrected chi connectivity index (χ4v) is 3.27. The van der Waals surface area contributed by atoms with E-state index >= 15 is 0 Å². The topological polar surface area (TPSA) is 69.6 Å². The second-order valence-corrected chi connectivity index (χ2v) is 6.39. The number of nitrogens with zero attached hydrogens (tertiary/aromatic N) is 1. The lowest BCUT2D eigenvalue weighted by Gasteiger charge is -2.37. The molecule has 0 heterocycles.